The van der Waals surface area contributed by atoms with Crippen LogP contribution in [-0.2, 0) is 6.54 Å². The first kappa shape index (κ1) is 14.1. The smallest absolute Gasteiger partial charge is 0.0331 e. The van der Waals surface area contributed by atoms with Crippen LogP contribution in [0.15, 0.2) is 17.5 Å². The van der Waals surface area contributed by atoms with Crippen LogP contribution in [0, 0.1) is 5.41 Å². The molecule has 106 valence electrons. The Balaban J connectivity index is 1.66. The van der Waals surface area contributed by atoms with E-state index in [0.29, 0.717) is 5.41 Å². The van der Waals surface area contributed by atoms with Gasteiger partial charge in [-0.3, -0.25) is 4.90 Å². The lowest BCUT2D eigenvalue weighted by atomic mass is 9.75. The van der Waals surface area contributed by atoms with Crippen molar-refractivity contribution in [2.45, 2.75) is 57.5 Å². The number of nitrogens with zero attached hydrogens (tertiary/aromatic N) is 1. The van der Waals surface area contributed by atoms with Gasteiger partial charge in [0.1, 0.15) is 0 Å². The van der Waals surface area contributed by atoms with Crippen molar-refractivity contribution < 1.29 is 0 Å². The predicted octanol–water partition coefficient (Wildman–Crippen LogP) is 5.06. The van der Waals surface area contributed by atoms with Crippen LogP contribution in [0.1, 0.15) is 49.8 Å². The molecule has 0 saturated heterocycles. The first-order chi connectivity index (χ1) is 9.31. The maximum Gasteiger partial charge on any atom is 0.0331 e. The SMILES string of the molecule is BrCC1(CN(Cc2cccs2)C2CC2)CCCCC1. The van der Waals surface area contributed by atoms with Crippen LogP contribution in [0.4, 0.5) is 0 Å². The highest BCUT2D eigenvalue weighted by molar-refractivity contribution is 9.09. The Morgan fingerprint density at radius 3 is 2.63 bits per heavy atom. The Morgan fingerprint density at radius 1 is 1.26 bits per heavy atom. The van der Waals surface area contributed by atoms with E-state index in [2.05, 4.69) is 38.3 Å². The third-order valence-corrected chi connectivity index (χ3v) is 6.79. The average Bonchev–Trinajstić information content (AvgIpc) is 3.18. The molecule has 1 heterocycles. The van der Waals surface area contributed by atoms with E-state index in [-0.39, 0.29) is 0 Å². The van der Waals surface area contributed by atoms with Gasteiger partial charge in [-0.2, -0.15) is 0 Å². The van der Waals surface area contributed by atoms with E-state index in [0.717, 1.165) is 6.04 Å². The number of thiophene rings is 1. The van der Waals surface area contributed by atoms with Crippen molar-refractivity contribution in [2.75, 3.05) is 11.9 Å². The van der Waals surface area contributed by atoms with E-state index in [4.69, 9.17) is 0 Å². The van der Waals surface area contributed by atoms with Crippen molar-refractivity contribution in [3.63, 3.8) is 0 Å². The third kappa shape index (κ3) is 3.62. The van der Waals surface area contributed by atoms with E-state index >= 15 is 0 Å². The number of hydrogen-bond acceptors (Lipinski definition) is 2. The minimum absolute atomic E-state index is 0.554. The molecule has 0 unspecified atom stereocenters. The molecule has 1 nitrogen and oxygen atoms in total. The molecule has 0 bridgehead atoms. The lowest BCUT2D eigenvalue weighted by molar-refractivity contribution is 0.116. The normalized spacial score (nSPS) is 22.8. The Kier molecular flexibility index (Phi) is 4.66. The second kappa shape index (κ2) is 6.28. The van der Waals surface area contributed by atoms with Crippen LogP contribution in [0.25, 0.3) is 0 Å². The Bertz CT molecular complexity index is 379. The standard InChI is InChI=1S/C16H24BrNS/c17-12-16(8-2-1-3-9-16)13-18(14-6-7-14)11-15-5-4-10-19-15/h4-5,10,14H,1-3,6-9,11-13H2. The summed E-state index contributed by atoms with van der Waals surface area (Å²) in [5.74, 6) is 0. The summed E-state index contributed by atoms with van der Waals surface area (Å²) in [4.78, 5) is 4.31. The highest BCUT2D eigenvalue weighted by Gasteiger charge is 2.37. The summed E-state index contributed by atoms with van der Waals surface area (Å²) in [5, 5.41) is 3.40. The van der Waals surface area contributed by atoms with E-state index in [1.54, 1.807) is 0 Å². The molecule has 0 amide bonds. The summed E-state index contributed by atoms with van der Waals surface area (Å²) >= 11 is 5.73. The molecule has 3 heteroatoms. The summed E-state index contributed by atoms with van der Waals surface area (Å²) in [6, 6.07) is 5.35. The molecule has 0 spiro atoms. The molecule has 19 heavy (non-hydrogen) atoms. The fourth-order valence-corrected chi connectivity index (χ4v) is 4.89. The van der Waals surface area contributed by atoms with Gasteiger partial charge in [0.15, 0.2) is 0 Å². The van der Waals surface area contributed by atoms with E-state index in [1.165, 1.54) is 68.2 Å². The zero-order valence-corrected chi connectivity index (χ0v) is 14.0. The lowest BCUT2D eigenvalue weighted by Crippen LogP contribution is -2.41. The van der Waals surface area contributed by atoms with Crippen LogP contribution in [0.2, 0.25) is 0 Å². The van der Waals surface area contributed by atoms with Gasteiger partial charge in [-0.1, -0.05) is 41.3 Å². The molecule has 0 radical (unpaired) electrons. The van der Waals surface area contributed by atoms with Crippen molar-refractivity contribution in [1.82, 2.24) is 4.90 Å². The molecule has 2 aliphatic carbocycles. The molecular weight excluding hydrogens is 318 g/mol. The van der Waals surface area contributed by atoms with E-state index in [9.17, 15) is 0 Å². The monoisotopic (exact) mass is 341 g/mol. The molecule has 2 aliphatic rings. The molecule has 0 aliphatic heterocycles. The molecule has 3 rings (SSSR count). The zero-order valence-electron chi connectivity index (χ0n) is 11.6. The highest BCUT2D eigenvalue weighted by atomic mass is 79.9. The zero-order chi connectivity index (χ0) is 13.1. The second-order valence-electron chi connectivity index (χ2n) is 6.41. The second-order valence-corrected chi connectivity index (χ2v) is 8.00. The quantitative estimate of drug-likeness (QED) is 0.653. The molecule has 2 saturated carbocycles. The highest BCUT2D eigenvalue weighted by Crippen LogP contribution is 2.41. The van der Waals surface area contributed by atoms with Gasteiger partial charge in [-0.25, -0.2) is 0 Å². The molecule has 1 aromatic rings. The number of hydrogen-bond donors (Lipinski definition) is 0. The van der Waals surface area contributed by atoms with E-state index in [1.807, 2.05) is 11.3 Å². The summed E-state index contributed by atoms with van der Waals surface area (Å²) < 4.78 is 0. The van der Waals surface area contributed by atoms with Crippen molar-refractivity contribution in [2.24, 2.45) is 5.41 Å². The molecule has 1 aromatic heterocycles. The Hall–Kier alpha value is 0.140. The van der Waals surface area contributed by atoms with Crippen molar-refractivity contribution in [1.29, 1.82) is 0 Å². The Morgan fingerprint density at radius 2 is 2.05 bits per heavy atom. The molecule has 2 fully saturated rings. The number of halogens is 1. The van der Waals surface area contributed by atoms with Gasteiger partial charge in [0.2, 0.25) is 0 Å². The van der Waals surface area contributed by atoms with Crippen molar-refractivity contribution in [3.8, 4) is 0 Å². The largest absolute Gasteiger partial charge is 0.295 e. The fraction of sp³-hybridized carbons (Fsp3) is 0.750. The first-order valence-electron chi connectivity index (χ1n) is 7.64. The van der Waals surface area contributed by atoms with Gasteiger partial charge in [-0.15, -0.1) is 11.3 Å². The molecule has 0 atom stereocenters. The third-order valence-electron chi connectivity index (χ3n) is 4.74. The predicted molar refractivity (Wildman–Crippen MR) is 87.1 cm³/mol. The van der Waals surface area contributed by atoms with E-state index < -0.39 is 0 Å². The van der Waals surface area contributed by atoms with Gasteiger partial charge < -0.3 is 0 Å². The van der Waals surface area contributed by atoms with Gasteiger partial charge in [0, 0.05) is 29.3 Å². The average molecular weight is 342 g/mol. The van der Waals surface area contributed by atoms with Crippen LogP contribution < -0.4 is 0 Å². The maximum absolute atomic E-state index is 3.82. The number of alkyl halides is 1. The summed E-state index contributed by atoms with van der Waals surface area (Å²) in [7, 11) is 0. The minimum Gasteiger partial charge on any atom is -0.295 e. The molecule has 0 N–H and O–H groups in total. The van der Waals surface area contributed by atoms with Crippen LogP contribution in [-0.4, -0.2) is 22.8 Å². The van der Waals surface area contributed by atoms with Gasteiger partial charge in [0.25, 0.3) is 0 Å². The first-order valence-corrected chi connectivity index (χ1v) is 9.64. The van der Waals surface area contributed by atoms with Crippen LogP contribution in [0.3, 0.4) is 0 Å². The Labute approximate surface area is 129 Å². The number of rotatable bonds is 6. The minimum atomic E-state index is 0.554. The molecule has 0 aromatic carbocycles. The van der Waals surface area contributed by atoms with Gasteiger partial charge in [0.05, 0.1) is 0 Å². The van der Waals surface area contributed by atoms with Gasteiger partial charge in [-0.05, 0) is 42.5 Å². The summed E-state index contributed by atoms with van der Waals surface area (Å²) in [6.07, 6.45) is 10.0. The summed E-state index contributed by atoms with van der Waals surface area (Å²) in [6.45, 7) is 2.48. The van der Waals surface area contributed by atoms with Crippen LogP contribution >= 0.6 is 27.3 Å². The molecular formula is C16H24BrNS. The fourth-order valence-electron chi connectivity index (χ4n) is 3.42. The summed E-state index contributed by atoms with van der Waals surface area (Å²) in [5.41, 5.74) is 0.554. The van der Waals surface area contributed by atoms with Crippen molar-refractivity contribution >= 4 is 27.3 Å². The maximum atomic E-state index is 3.82. The van der Waals surface area contributed by atoms with Crippen molar-refractivity contribution in [3.05, 3.63) is 22.4 Å². The van der Waals surface area contributed by atoms with Crippen LogP contribution in [0.5, 0.6) is 0 Å². The topological polar surface area (TPSA) is 3.24 Å². The van der Waals surface area contributed by atoms with Gasteiger partial charge >= 0.3 is 0 Å². The lowest BCUT2D eigenvalue weighted by Gasteiger charge is -2.40.